The van der Waals surface area contributed by atoms with Crippen LogP contribution in [0.25, 0.3) is 0 Å². The van der Waals surface area contributed by atoms with E-state index >= 15 is 0 Å². The number of carbonyl (C=O) groups is 2. The monoisotopic (exact) mass is 340 g/mol. The molecule has 4 nitrogen and oxygen atoms in total. The van der Waals surface area contributed by atoms with E-state index in [4.69, 9.17) is 11.2 Å². The number of hydrogen-bond donors (Lipinski definition) is 0. The lowest BCUT2D eigenvalue weighted by Gasteiger charge is -2.11. The molecule has 0 aromatic rings. The van der Waals surface area contributed by atoms with Crippen molar-refractivity contribution in [3.63, 3.8) is 0 Å². The minimum absolute atomic E-state index is 0.0481. The van der Waals surface area contributed by atoms with Crippen LogP contribution in [0.1, 0.15) is 34.1 Å². The normalized spacial score (nSPS) is 23.9. The van der Waals surface area contributed by atoms with Crippen LogP contribution in [-0.2, 0) is 19.1 Å². The Labute approximate surface area is 140 Å². The fraction of sp³-hybridized carbons (Fsp3) is 0.556. The van der Waals surface area contributed by atoms with Gasteiger partial charge in [-0.15, -0.1) is 6.42 Å². The molecule has 0 spiro atoms. The summed E-state index contributed by atoms with van der Waals surface area (Å²) in [5.41, 5.74) is -0.620. The Hall–Kier alpha value is -2.16. The summed E-state index contributed by atoms with van der Waals surface area (Å²) in [6, 6.07) is 0. The van der Waals surface area contributed by atoms with Gasteiger partial charge in [-0.2, -0.15) is 4.39 Å². The van der Waals surface area contributed by atoms with Crippen molar-refractivity contribution in [2.75, 3.05) is 6.61 Å². The number of esters is 2. The number of carbonyl (C=O) groups excluding carboxylic acids is 2. The van der Waals surface area contributed by atoms with Gasteiger partial charge in [-0.3, -0.25) is 4.79 Å². The molecule has 1 rings (SSSR count). The third-order valence-electron chi connectivity index (χ3n) is 4.00. The predicted octanol–water partition coefficient (Wildman–Crippen LogP) is 3.48. The van der Waals surface area contributed by atoms with E-state index in [1.807, 2.05) is 0 Å². The van der Waals surface area contributed by atoms with Crippen LogP contribution in [0.5, 0.6) is 0 Å². The second kappa shape index (κ2) is 8.09. The topological polar surface area (TPSA) is 52.6 Å². The molecule has 0 saturated heterocycles. The van der Waals surface area contributed by atoms with Gasteiger partial charge >= 0.3 is 11.9 Å². The molecule has 3 atom stereocenters. The van der Waals surface area contributed by atoms with Crippen LogP contribution in [0.3, 0.4) is 0 Å². The molecule has 0 aromatic carbocycles. The number of terminal acetylenes is 1. The van der Waals surface area contributed by atoms with E-state index in [0.717, 1.165) is 6.08 Å². The lowest BCUT2D eigenvalue weighted by atomic mass is 10.1. The molecule has 132 valence electrons. The minimum Gasteiger partial charge on any atom is -0.461 e. The van der Waals surface area contributed by atoms with Gasteiger partial charge in [0.15, 0.2) is 0 Å². The summed E-state index contributed by atoms with van der Waals surface area (Å²) < 4.78 is 37.0. The highest BCUT2D eigenvalue weighted by Gasteiger charge is 2.62. The summed E-state index contributed by atoms with van der Waals surface area (Å²) in [5, 5.41) is 0. The lowest BCUT2D eigenvalue weighted by Crippen LogP contribution is -2.20. The Kier molecular flexibility index (Phi) is 6.70. The smallest absolute Gasteiger partial charge is 0.366 e. The van der Waals surface area contributed by atoms with Crippen LogP contribution in [-0.4, -0.2) is 24.6 Å². The first kappa shape index (κ1) is 19.9. The van der Waals surface area contributed by atoms with Crippen molar-refractivity contribution in [1.29, 1.82) is 0 Å². The van der Waals surface area contributed by atoms with Crippen LogP contribution in [0.15, 0.2) is 23.8 Å². The predicted molar refractivity (Wildman–Crippen MR) is 84.8 cm³/mol. The summed E-state index contributed by atoms with van der Waals surface area (Å²) in [5.74, 6) is -2.76. The van der Waals surface area contributed by atoms with Gasteiger partial charge in [-0.05, 0) is 36.8 Å². The van der Waals surface area contributed by atoms with Crippen molar-refractivity contribution < 1.29 is 27.8 Å². The Morgan fingerprint density at radius 2 is 1.96 bits per heavy atom. The molecule has 6 heteroatoms. The SMILES string of the molecule is C#CC(OC(=O)C1C(C=C(F)C(=O)OCC)C1(C)C)C(F)=CCC. The molecule has 1 aliphatic rings. The maximum absolute atomic E-state index is 13.7. The molecular weight excluding hydrogens is 318 g/mol. The molecular formula is C18H22F2O4. The van der Waals surface area contributed by atoms with Crippen molar-refractivity contribution in [1.82, 2.24) is 0 Å². The first-order chi connectivity index (χ1) is 11.2. The van der Waals surface area contributed by atoms with E-state index in [9.17, 15) is 18.4 Å². The molecule has 0 radical (unpaired) electrons. The van der Waals surface area contributed by atoms with Crippen LogP contribution in [0, 0.1) is 29.6 Å². The Morgan fingerprint density at radius 3 is 2.46 bits per heavy atom. The minimum atomic E-state index is -1.40. The fourth-order valence-corrected chi connectivity index (χ4v) is 2.53. The molecule has 0 heterocycles. The summed E-state index contributed by atoms with van der Waals surface area (Å²) >= 11 is 0. The van der Waals surface area contributed by atoms with Gasteiger partial charge in [-0.1, -0.05) is 26.7 Å². The number of ether oxygens (including phenoxy) is 2. The number of allylic oxidation sites excluding steroid dienone is 2. The molecule has 0 amide bonds. The van der Waals surface area contributed by atoms with Crippen molar-refractivity contribution in [2.45, 2.75) is 40.2 Å². The zero-order valence-electron chi connectivity index (χ0n) is 14.3. The van der Waals surface area contributed by atoms with E-state index in [-0.39, 0.29) is 6.61 Å². The third kappa shape index (κ3) is 4.44. The van der Waals surface area contributed by atoms with Gasteiger partial charge in [0.1, 0.15) is 5.83 Å². The highest BCUT2D eigenvalue weighted by atomic mass is 19.1. The van der Waals surface area contributed by atoms with Gasteiger partial charge in [-0.25, -0.2) is 9.18 Å². The molecule has 1 aliphatic carbocycles. The molecule has 0 N–H and O–H groups in total. The fourth-order valence-electron chi connectivity index (χ4n) is 2.53. The quantitative estimate of drug-likeness (QED) is 0.404. The maximum Gasteiger partial charge on any atom is 0.366 e. The van der Waals surface area contributed by atoms with Gasteiger partial charge in [0.25, 0.3) is 0 Å². The lowest BCUT2D eigenvalue weighted by molar-refractivity contribution is -0.148. The zero-order valence-corrected chi connectivity index (χ0v) is 14.3. The maximum atomic E-state index is 13.7. The van der Waals surface area contributed by atoms with E-state index in [1.165, 1.54) is 6.08 Å². The molecule has 0 aliphatic heterocycles. The van der Waals surface area contributed by atoms with Crippen LogP contribution >= 0.6 is 0 Å². The van der Waals surface area contributed by atoms with Crippen molar-refractivity contribution >= 4 is 11.9 Å². The van der Waals surface area contributed by atoms with E-state index in [2.05, 4.69) is 10.7 Å². The largest absolute Gasteiger partial charge is 0.461 e. The van der Waals surface area contributed by atoms with Gasteiger partial charge in [0.05, 0.1) is 12.5 Å². The average molecular weight is 340 g/mol. The van der Waals surface area contributed by atoms with Crippen molar-refractivity contribution in [3.05, 3.63) is 23.8 Å². The molecule has 0 aromatic heterocycles. The van der Waals surface area contributed by atoms with Crippen LogP contribution < -0.4 is 0 Å². The van der Waals surface area contributed by atoms with Crippen molar-refractivity contribution in [2.24, 2.45) is 17.3 Å². The summed E-state index contributed by atoms with van der Waals surface area (Å²) in [7, 11) is 0. The van der Waals surface area contributed by atoms with Crippen LogP contribution in [0.4, 0.5) is 8.78 Å². The Balaban J connectivity index is 2.82. The highest BCUT2D eigenvalue weighted by molar-refractivity contribution is 5.87. The summed E-state index contributed by atoms with van der Waals surface area (Å²) in [6.07, 6.45) is 6.48. The second-order valence-electron chi connectivity index (χ2n) is 6.04. The average Bonchev–Trinajstić information content (AvgIpc) is 3.05. The molecule has 3 unspecified atom stereocenters. The first-order valence-corrected chi connectivity index (χ1v) is 7.77. The van der Waals surface area contributed by atoms with Crippen molar-refractivity contribution in [3.8, 4) is 12.3 Å². The number of rotatable bonds is 7. The Bertz CT molecular complexity index is 599. The van der Waals surface area contributed by atoms with Gasteiger partial charge in [0, 0.05) is 0 Å². The summed E-state index contributed by atoms with van der Waals surface area (Å²) in [4.78, 5) is 23.5. The number of halogens is 2. The molecule has 1 saturated carbocycles. The van der Waals surface area contributed by atoms with E-state index in [1.54, 1.807) is 27.7 Å². The number of hydrogen-bond acceptors (Lipinski definition) is 4. The second-order valence-corrected chi connectivity index (χ2v) is 6.04. The van der Waals surface area contributed by atoms with E-state index in [0.29, 0.717) is 6.42 Å². The molecule has 0 bridgehead atoms. The zero-order chi connectivity index (χ0) is 18.5. The Morgan fingerprint density at radius 1 is 1.33 bits per heavy atom. The van der Waals surface area contributed by atoms with Crippen LogP contribution in [0.2, 0.25) is 0 Å². The first-order valence-electron chi connectivity index (χ1n) is 7.77. The highest BCUT2D eigenvalue weighted by Crippen LogP contribution is 2.60. The summed E-state index contributed by atoms with van der Waals surface area (Å²) in [6.45, 7) is 6.78. The molecule has 1 fully saturated rings. The standard InChI is InChI=1S/C18H22F2O4/c1-6-9-12(19)14(7-2)24-17(22)15-11(18(15,4)5)10-13(20)16(21)23-8-3/h2,9-11,14-15H,6,8H2,1,3-5H3. The van der Waals surface area contributed by atoms with Gasteiger partial charge in [0.2, 0.25) is 11.9 Å². The molecule has 24 heavy (non-hydrogen) atoms. The third-order valence-corrected chi connectivity index (χ3v) is 4.00. The van der Waals surface area contributed by atoms with E-state index < -0.39 is 46.9 Å². The van der Waals surface area contributed by atoms with Gasteiger partial charge < -0.3 is 9.47 Å².